The molecule has 2 aliphatic rings. The highest BCUT2D eigenvalue weighted by Gasteiger charge is 2.32. The molecule has 0 unspecified atom stereocenters. The van der Waals surface area contributed by atoms with Gasteiger partial charge in [0.25, 0.3) is 0 Å². The van der Waals surface area contributed by atoms with Crippen molar-refractivity contribution >= 4 is 29.0 Å². The molecule has 0 spiro atoms. The number of thioether (sulfide) groups is 1. The zero-order valence-corrected chi connectivity index (χ0v) is 20.0. The molecule has 1 saturated heterocycles. The van der Waals surface area contributed by atoms with Crippen LogP contribution in [0.25, 0.3) is 10.6 Å². The molecule has 0 bridgehead atoms. The first kappa shape index (κ1) is 21.5. The van der Waals surface area contributed by atoms with Gasteiger partial charge in [-0.2, -0.15) is 0 Å². The van der Waals surface area contributed by atoms with Crippen LogP contribution in [0.1, 0.15) is 31.5 Å². The number of methoxy groups -OCH3 is 1. The van der Waals surface area contributed by atoms with Gasteiger partial charge in [-0.15, -0.1) is 21.5 Å². The summed E-state index contributed by atoms with van der Waals surface area (Å²) in [5.41, 5.74) is 2.07. The Bertz CT molecular complexity index is 1060. The van der Waals surface area contributed by atoms with Crippen LogP contribution in [-0.2, 0) is 10.5 Å². The molecule has 3 aromatic rings. The number of aromatic nitrogens is 4. The first-order valence-corrected chi connectivity index (χ1v) is 12.8. The van der Waals surface area contributed by atoms with Crippen molar-refractivity contribution in [2.45, 2.75) is 36.7 Å². The Kier molecular flexibility index (Phi) is 6.52. The molecule has 2 aromatic heterocycles. The maximum Gasteiger partial charge on any atom is 0.228 e. The molecule has 8 nitrogen and oxygen atoms in total. The molecule has 0 N–H and O–H groups in total. The summed E-state index contributed by atoms with van der Waals surface area (Å²) in [5.74, 6) is 3.22. The van der Waals surface area contributed by atoms with Crippen molar-refractivity contribution in [3.05, 3.63) is 29.3 Å². The Hall–Kier alpha value is -2.30. The van der Waals surface area contributed by atoms with Crippen molar-refractivity contribution in [1.82, 2.24) is 19.7 Å². The topological polar surface area (TPSA) is 74.5 Å². The molecule has 0 atom stereocenters. The second-order valence-electron chi connectivity index (χ2n) is 7.71. The fraction of sp³-hybridized carbons (Fsp3) is 0.500. The first-order chi connectivity index (χ1) is 15.8. The van der Waals surface area contributed by atoms with E-state index in [0.29, 0.717) is 12.6 Å². The van der Waals surface area contributed by atoms with E-state index < -0.39 is 0 Å². The molecule has 5 rings (SSSR count). The largest absolute Gasteiger partial charge is 0.493 e. The van der Waals surface area contributed by atoms with E-state index in [1.54, 1.807) is 30.2 Å². The summed E-state index contributed by atoms with van der Waals surface area (Å²) in [6, 6.07) is 6.48. The lowest BCUT2D eigenvalue weighted by Gasteiger charge is -2.27. The van der Waals surface area contributed by atoms with Gasteiger partial charge in [-0.1, -0.05) is 11.8 Å². The molecule has 0 amide bonds. The van der Waals surface area contributed by atoms with Crippen molar-refractivity contribution in [1.29, 1.82) is 0 Å². The molecule has 3 heterocycles. The number of rotatable bonds is 9. The van der Waals surface area contributed by atoms with Crippen LogP contribution in [0.2, 0.25) is 0 Å². The van der Waals surface area contributed by atoms with E-state index in [9.17, 15) is 0 Å². The molecule has 170 valence electrons. The smallest absolute Gasteiger partial charge is 0.228 e. The number of nitrogens with zero attached hydrogens (tertiary/aromatic N) is 5. The van der Waals surface area contributed by atoms with Gasteiger partial charge >= 0.3 is 0 Å². The normalized spacial score (nSPS) is 16.4. The highest BCUT2D eigenvalue weighted by molar-refractivity contribution is 7.98. The number of hydrogen-bond donors (Lipinski definition) is 0. The second kappa shape index (κ2) is 9.68. The van der Waals surface area contributed by atoms with Gasteiger partial charge in [0.2, 0.25) is 5.95 Å². The zero-order valence-electron chi connectivity index (χ0n) is 18.3. The third kappa shape index (κ3) is 4.57. The van der Waals surface area contributed by atoms with Crippen LogP contribution in [0.3, 0.4) is 0 Å². The molecular formula is C22H27N5O3S2. The predicted octanol–water partition coefficient (Wildman–Crippen LogP) is 4.27. The van der Waals surface area contributed by atoms with Gasteiger partial charge < -0.3 is 19.1 Å². The lowest BCUT2D eigenvalue weighted by molar-refractivity contribution is 0.121. The van der Waals surface area contributed by atoms with E-state index in [-0.39, 0.29) is 0 Å². The molecule has 0 radical (unpaired) electrons. The minimum Gasteiger partial charge on any atom is -0.493 e. The number of morpholine rings is 1. The van der Waals surface area contributed by atoms with E-state index in [2.05, 4.69) is 25.0 Å². The van der Waals surface area contributed by atoms with Crippen molar-refractivity contribution in [2.75, 3.05) is 44.9 Å². The minimum atomic E-state index is 0.521. The third-order valence-electron chi connectivity index (χ3n) is 5.46. The van der Waals surface area contributed by atoms with Crippen molar-refractivity contribution in [3.8, 4) is 22.1 Å². The molecule has 1 aromatic carbocycles. The van der Waals surface area contributed by atoms with Gasteiger partial charge in [0.05, 0.1) is 32.6 Å². The second-order valence-corrected chi connectivity index (χ2v) is 9.52. The summed E-state index contributed by atoms with van der Waals surface area (Å²) < 4.78 is 18.9. The van der Waals surface area contributed by atoms with Crippen molar-refractivity contribution in [3.63, 3.8) is 0 Å². The zero-order chi connectivity index (χ0) is 21.9. The summed E-state index contributed by atoms with van der Waals surface area (Å²) in [7, 11) is 1.66. The Labute approximate surface area is 195 Å². The summed E-state index contributed by atoms with van der Waals surface area (Å²) in [5, 5.41) is 13.1. The number of hydrogen-bond acceptors (Lipinski definition) is 9. The summed E-state index contributed by atoms with van der Waals surface area (Å²) in [6.07, 6.45) is 2.40. The molecule has 1 aliphatic heterocycles. The van der Waals surface area contributed by atoms with Crippen LogP contribution in [-0.4, -0.2) is 59.8 Å². The molecule has 10 heteroatoms. The maximum absolute atomic E-state index is 5.62. The van der Waals surface area contributed by atoms with Crippen molar-refractivity contribution in [2.24, 2.45) is 0 Å². The van der Waals surface area contributed by atoms with Crippen LogP contribution in [0.5, 0.6) is 11.5 Å². The lowest BCUT2D eigenvalue weighted by Crippen LogP contribution is -2.38. The van der Waals surface area contributed by atoms with Crippen molar-refractivity contribution < 1.29 is 14.2 Å². The molecule has 1 aliphatic carbocycles. The summed E-state index contributed by atoms with van der Waals surface area (Å²) >= 11 is 3.35. The van der Waals surface area contributed by atoms with Gasteiger partial charge in [0, 0.05) is 35.8 Å². The Morgan fingerprint density at radius 3 is 2.78 bits per heavy atom. The van der Waals surface area contributed by atoms with E-state index >= 15 is 0 Å². The van der Waals surface area contributed by atoms with Gasteiger partial charge in [0.15, 0.2) is 16.7 Å². The quantitative estimate of drug-likeness (QED) is 0.427. The minimum absolute atomic E-state index is 0.521. The third-order valence-corrected chi connectivity index (χ3v) is 7.38. The van der Waals surface area contributed by atoms with E-state index in [0.717, 1.165) is 70.9 Å². The van der Waals surface area contributed by atoms with E-state index in [4.69, 9.17) is 19.2 Å². The highest BCUT2D eigenvalue weighted by atomic mass is 32.2. The molecule has 32 heavy (non-hydrogen) atoms. The molecular weight excluding hydrogens is 446 g/mol. The number of ether oxygens (including phenoxy) is 3. The van der Waals surface area contributed by atoms with Gasteiger partial charge in [-0.05, 0) is 38.0 Å². The van der Waals surface area contributed by atoms with E-state index in [1.165, 1.54) is 12.8 Å². The average Bonchev–Trinajstić information content (AvgIpc) is 3.40. The molecule has 1 saturated carbocycles. The lowest BCUT2D eigenvalue weighted by atomic mass is 10.2. The number of thiazole rings is 1. The fourth-order valence-corrected chi connectivity index (χ4v) is 5.53. The standard InChI is InChI=1S/C22H27N5O3S2/c1-3-30-18-7-4-15(12-19(18)28-2)20-23-16(13-31-20)14-32-22-25-24-21(27(22)17-5-6-17)26-8-10-29-11-9-26/h4,7,12-13,17H,3,5-6,8-11,14H2,1-2H3. The Morgan fingerprint density at radius 2 is 2.03 bits per heavy atom. The first-order valence-electron chi connectivity index (χ1n) is 10.9. The Balaban J connectivity index is 1.29. The number of anilines is 1. The van der Waals surface area contributed by atoms with Gasteiger partial charge in [-0.25, -0.2) is 4.98 Å². The summed E-state index contributed by atoms with van der Waals surface area (Å²) in [4.78, 5) is 7.14. The van der Waals surface area contributed by atoms with E-state index in [1.807, 2.05) is 25.1 Å². The van der Waals surface area contributed by atoms with Crippen LogP contribution in [0, 0.1) is 0 Å². The number of benzene rings is 1. The van der Waals surface area contributed by atoms with Gasteiger partial charge in [0.1, 0.15) is 5.01 Å². The molecule has 2 fully saturated rings. The van der Waals surface area contributed by atoms with Crippen LogP contribution in [0.15, 0.2) is 28.7 Å². The monoisotopic (exact) mass is 473 g/mol. The Morgan fingerprint density at radius 1 is 1.19 bits per heavy atom. The van der Waals surface area contributed by atoms with Gasteiger partial charge in [-0.3, -0.25) is 4.57 Å². The maximum atomic E-state index is 5.62. The highest BCUT2D eigenvalue weighted by Crippen LogP contribution is 2.42. The average molecular weight is 474 g/mol. The summed E-state index contributed by atoms with van der Waals surface area (Å²) in [6.45, 7) is 5.81. The SMILES string of the molecule is CCOc1ccc(-c2nc(CSc3nnc(N4CCOCC4)n3C3CC3)cs2)cc1OC. The van der Waals surface area contributed by atoms with Crippen LogP contribution < -0.4 is 14.4 Å². The van der Waals surface area contributed by atoms with Crippen LogP contribution >= 0.6 is 23.1 Å². The van der Waals surface area contributed by atoms with Crippen LogP contribution in [0.4, 0.5) is 5.95 Å². The fourth-order valence-electron chi connectivity index (χ4n) is 3.72. The predicted molar refractivity (Wildman–Crippen MR) is 126 cm³/mol.